The maximum absolute atomic E-state index is 10.6. The summed E-state index contributed by atoms with van der Waals surface area (Å²) in [5, 5.41) is 14.8. The molecule has 2 aromatic rings. The zero-order valence-corrected chi connectivity index (χ0v) is 8.15. The summed E-state index contributed by atoms with van der Waals surface area (Å²) in [4.78, 5) is 14.5. The van der Waals surface area contributed by atoms with Crippen molar-refractivity contribution < 1.29 is 9.90 Å². The number of carbonyl (C=O) groups is 1. The standard InChI is InChI=1S/C8H7N3O2S/c1-5-2-9-11(3-5)8-10-6(4-14-8)7(12)13/h2-4H,1H3,(H,12,13). The second-order valence-electron chi connectivity index (χ2n) is 2.78. The van der Waals surface area contributed by atoms with Crippen molar-refractivity contribution in [3.63, 3.8) is 0 Å². The smallest absolute Gasteiger partial charge is 0.355 e. The molecule has 5 nitrogen and oxygen atoms in total. The van der Waals surface area contributed by atoms with Gasteiger partial charge in [0.15, 0.2) is 5.69 Å². The van der Waals surface area contributed by atoms with Gasteiger partial charge in [-0.05, 0) is 12.5 Å². The number of aromatic carboxylic acids is 1. The van der Waals surface area contributed by atoms with E-state index in [1.165, 1.54) is 16.7 Å². The predicted molar refractivity (Wildman–Crippen MR) is 50.9 cm³/mol. The maximum Gasteiger partial charge on any atom is 0.355 e. The Kier molecular flexibility index (Phi) is 2.05. The molecule has 1 N–H and O–H groups in total. The minimum absolute atomic E-state index is 0.0538. The summed E-state index contributed by atoms with van der Waals surface area (Å²) in [5.41, 5.74) is 1.07. The van der Waals surface area contributed by atoms with Gasteiger partial charge in [-0.25, -0.2) is 14.5 Å². The lowest BCUT2D eigenvalue weighted by Gasteiger charge is -1.91. The molecule has 0 spiro atoms. The molecule has 0 aliphatic rings. The first-order valence-corrected chi connectivity index (χ1v) is 4.75. The van der Waals surface area contributed by atoms with Crippen LogP contribution < -0.4 is 0 Å². The van der Waals surface area contributed by atoms with Crippen molar-refractivity contribution in [1.29, 1.82) is 0 Å². The predicted octanol–water partition coefficient (Wildman–Crippen LogP) is 1.34. The third-order valence-electron chi connectivity index (χ3n) is 1.62. The average molecular weight is 209 g/mol. The Morgan fingerprint density at radius 3 is 2.93 bits per heavy atom. The Labute approximate surface area is 83.6 Å². The van der Waals surface area contributed by atoms with Gasteiger partial charge < -0.3 is 5.11 Å². The summed E-state index contributed by atoms with van der Waals surface area (Å²) < 4.78 is 1.56. The molecule has 0 unspecified atom stereocenters. The Balaban J connectivity index is 2.38. The topological polar surface area (TPSA) is 68.0 Å². The summed E-state index contributed by atoms with van der Waals surface area (Å²) in [5.74, 6) is -1.02. The zero-order chi connectivity index (χ0) is 10.1. The fraction of sp³-hybridized carbons (Fsp3) is 0.125. The van der Waals surface area contributed by atoms with Crippen molar-refractivity contribution in [2.75, 3.05) is 0 Å². The van der Waals surface area contributed by atoms with Gasteiger partial charge >= 0.3 is 5.97 Å². The molecule has 0 bridgehead atoms. The zero-order valence-electron chi connectivity index (χ0n) is 7.34. The van der Waals surface area contributed by atoms with Gasteiger partial charge in [0.25, 0.3) is 0 Å². The largest absolute Gasteiger partial charge is 0.476 e. The van der Waals surface area contributed by atoms with Crippen LogP contribution in [0.3, 0.4) is 0 Å². The fourth-order valence-corrected chi connectivity index (χ4v) is 1.71. The van der Waals surface area contributed by atoms with Crippen molar-refractivity contribution in [2.24, 2.45) is 0 Å². The third-order valence-corrected chi connectivity index (χ3v) is 2.45. The molecule has 72 valence electrons. The number of thiazole rings is 1. The summed E-state index contributed by atoms with van der Waals surface area (Å²) in [6, 6.07) is 0. The highest BCUT2D eigenvalue weighted by molar-refractivity contribution is 7.12. The van der Waals surface area contributed by atoms with E-state index in [4.69, 9.17) is 5.11 Å². The first-order valence-electron chi connectivity index (χ1n) is 3.87. The summed E-state index contributed by atoms with van der Waals surface area (Å²) in [6.45, 7) is 1.91. The maximum atomic E-state index is 10.6. The van der Waals surface area contributed by atoms with E-state index in [1.807, 2.05) is 6.92 Å². The first-order chi connectivity index (χ1) is 6.66. The molecule has 0 aliphatic carbocycles. The van der Waals surface area contributed by atoms with Crippen LogP contribution in [0.25, 0.3) is 5.13 Å². The summed E-state index contributed by atoms with van der Waals surface area (Å²) >= 11 is 1.25. The van der Waals surface area contributed by atoms with Gasteiger partial charge in [-0.1, -0.05) is 0 Å². The Hall–Kier alpha value is -1.69. The van der Waals surface area contributed by atoms with E-state index < -0.39 is 5.97 Å². The Morgan fingerprint density at radius 2 is 2.43 bits per heavy atom. The SMILES string of the molecule is Cc1cnn(-c2nc(C(=O)O)cs2)c1. The fourth-order valence-electron chi connectivity index (χ4n) is 0.985. The monoisotopic (exact) mass is 209 g/mol. The van der Waals surface area contributed by atoms with Gasteiger partial charge in [-0.15, -0.1) is 11.3 Å². The van der Waals surface area contributed by atoms with Gasteiger partial charge in [0.05, 0.1) is 6.20 Å². The number of hydrogen-bond donors (Lipinski definition) is 1. The van der Waals surface area contributed by atoms with Crippen molar-refractivity contribution in [3.8, 4) is 5.13 Å². The molecule has 6 heteroatoms. The molecule has 0 saturated carbocycles. The Bertz CT molecular complexity index is 474. The molecular formula is C8H7N3O2S. The highest BCUT2D eigenvalue weighted by atomic mass is 32.1. The van der Waals surface area contributed by atoms with E-state index in [0.717, 1.165) is 5.56 Å². The minimum atomic E-state index is -1.02. The number of hydrogen-bond acceptors (Lipinski definition) is 4. The molecule has 14 heavy (non-hydrogen) atoms. The van der Waals surface area contributed by atoms with Crippen LogP contribution in [0.4, 0.5) is 0 Å². The second kappa shape index (κ2) is 3.22. The lowest BCUT2D eigenvalue weighted by atomic mass is 10.4. The van der Waals surface area contributed by atoms with Crippen LogP contribution >= 0.6 is 11.3 Å². The van der Waals surface area contributed by atoms with Crippen LogP contribution in [0.5, 0.6) is 0 Å². The van der Waals surface area contributed by atoms with Crippen LogP contribution in [0, 0.1) is 6.92 Å². The number of aryl methyl sites for hydroxylation is 1. The van der Waals surface area contributed by atoms with Crippen molar-refractivity contribution in [1.82, 2.24) is 14.8 Å². The highest BCUT2D eigenvalue weighted by Gasteiger charge is 2.09. The minimum Gasteiger partial charge on any atom is -0.476 e. The van der Waals surface area contributed by atoms with Gasteiger partial charge in [0.1, 0.15) is 0 Å². The molecule has 0 saturated heterocycles. The van der Waals surface area contributed by atoms with E-state index in [-0.39, 0.29) is 5.69 Å². The van der Waals surface area contributed by atoms with Crippen LogP contribution in [0.1, 0.15) is 16.1 Å². The van der Waals surface area contributed by atoms with Gasteiger partial charge in [0, 0.05) is 11.6 Å². The van der Waals surface area contributed by atoms with Gasteiger partial charge in [-0.3, -0.25) is 0 Å². The summed E-state index contributed by atoms with van der Waals surface area (Å²) in [7, 11) is 0. The van der Waals surface area contributed by atoms with Crippen LogP contribution in [0.15, 0.2) is 17.8 Å². The van der Waals surface area contributed by atoms with Crippen LogP contribution in [0.2, 0.25) is 0 Å². The Morgan fingerprint density at radius 1 is 1.64 bits per heavy atom. The number of carboxylic acids is 1. The molecule has 0 radical (unpaired) electrons. The molecular weight excluding hydrogens is 202 g/mol. The molecule has 2 aromatic heterocycles. The second-order valence-corrected chi connectivity index (χ2v) is 3.62. The third kappa shape index (κ3) is 1.51. The van der Waals surface area contributed by atoms with Crippen molar-refractivity contribution >= 4 is 17.3 Å². The molecule has 0 aromatic carbocycles. The van der Waals surface area contributed by atoms with Gasteiger partial charge in [-0.2, -0.15) is 5.10 Å². The molecule has 0 amide bonds. The van der Waals surface area contributed by atoms with E-state index in [9.17, 15) is 4.79 Å². The molecule has 0 atom stereocenters. The van der Waals surface area contributed by atoms with Crippen LogP contribution in [-0.2, 0) is 0 Å². The van der Waals surface area contributed by atoms with E-state index >= 15 is 0 Å². The van der Waals surface area contributed by atoms with Crippen LogP contribution in [-0.4, -0.2) is 25.8 Å². The molecule has 0 aliphatic heterocycles. The molecule has 2 heterocycles. The van der Waals surface area contributed by atoms with E-state index in [2.05, 4.69) is 10.1 Å². The lowest BCUT2D eigenvalue weighted by Crippen LogP contribution is -1.98. The van der Waals surface area contributed by atoms with Gasteiger partial charge in [0.2, 0.25) is 5.13 Å². The van der Waals surface area contributed by atoms with E-state index in [0.29, 0.717) is 5.13 Å². The number of aromatic nitrogens is 3. The number of rotatable bonds is 2. The van der Waals surface area contributed by atoms with Crippen molar-refractivity contribution in [3.05, 3.63) is 29.0 Å². The summed E-state index contributed by atoms with van der Waals surface area (Å²) in [6.07, 6.45) is 3.49. The lowest BCUT2D eigenvalue weighted by molar-refractivity contribution is 0.0691. The number of carboxylic acid groups (broad SMARTS) is 1. The number of nitrogens with zero attached hydrogens (tertiary/aromatic N) is 3. The van der Waals surface area contributed by atoms with Crippen molar-refractivity contribution in [2.45, 2.75) is 6.92 Å². The highest BCUT2D eigenvalue weighted by Crippen LogP contribution is 2.14. The average Bonchev–Trinajstić information content (AvgIpc) is 2.70. The quantitative estimate of drug-likeness (QED) is 0.810. The van der Waals surface area contributed by atoms with E-state index in [1.54, 1.807) is 17.1 Å². The first kappa shape index (κ1) is 8.89. The molecule has 2 rings (SSSR count). The molecule has 0 fully saturated rings. The normalized spacial score (nSPS) is 10.4.